The second-order valence-corrected chi connectivity index (χ2v) is 6.16. The van der Waals surface area contributed by atoms with Crippen LogP contribution in [0.2, 0.25) is 0 Å². The lowest BCUT2D eigenvalue weighted by atomic mass is 9.99. The van der Waals surface area contributed by atoms with Gasteiger partial charge in [0.05, 0.1) is 0 Å². The van der Waals surface area contributed by atoms with E-state index >= 15 is 0 Å². The average Bonchev–Trinajstić information content (AvgIpc) is 2.80. The number of halogens is 2. The van der Waals surface area contributed by atoms with Crippen molar-refractivity contribution in [3.05, 3.63) is 41.2 Å². The van der Waals surface area contributed by atoms with Gasteiger partial charge in [-0.15, -0.1) is 12.4 Å². The maximum Gasteiger partial charge on any atom is 0.247 e. The Bertz CT molecular complexity index is 546. The van der Waals surface area contributed by atoms with Gasteiger partial charge in [0.1, 0.15) is 5.82 Å². The van der Waals surface area contributed by atoms with Crippen molar-refractivity contribution in [3.63, 3.8) is 0 Å². The highest BCUT2D eigenvalue weighted by atomic mass is 35.5. The second kappa shape index (κ2) is 7.25. The standard InChI is InChI=1S/C17H21FN2O.ClH/c1-11(8-12-2-4-13(18)5-3-12)17(21)20-16-9-14-6-7-15(10-16)19-14;/h2-5,8,14-16,19H,6-7,9-10H2,1H3,(H,20,21);1H. The van der Waals surface area contributed by atoms with Gasteiger partial charge >= 0.3 is 0 Å². The molecule has 2 aliphatic heterocycles. The van der Waals surface area contributed by atoms with Gasteiger partial charge < -0.3 is 10.6 Å². The van der Waals surface area contributed by atoms with Gasteiger partial charge in [0.25, 0.3) is 0 Å². The van der Waals surface area contributed by atoms with Crippen LogP contribution < -0.4 is 10.6 Å². The smallest absolute Gasteiger partial charge is 0.247 e. The van der Waals surface area contributed by atoms with Gasteiger partial charge in [-0.05, 0) is 56.4 Å². The van der Waals surface area contributed by atoms with Crippen LogP contribution in [0.4, 0.5) is 4.39 Å². The summed E-state index contributed by atoms with van der Waals surface area (Å²) in [5, 5.41) is 6.70. The molecule has 1 aromatic carbocycles. The van der Waals surface area contributed by atoms with Crippen LogP contribution in [0.1, 0.15) is 38.2 Å². The van der Waals surface area contributed by atoms with Gasteiger partial charge in [0.15, 0.2) is 0 Å². The molecule has 0 aliphatic carbocycles. The Morgan fingerprint density at radius 3 is 2.41 bits per heavy atom. The quantitative estimate of drug-likeness (QED) is 0.839. The Morgan fingerprint density at radius 2 is 1.82 bits per heavy atom. The number of nitrogens with one attached hydrogen (secondary N) is 2. The van der Waals surface area contributed by atoms with Crippen LogP contribution in [0, 0.1) is 5.82 Å². The molecule has 120 valence electrons. The van der Waals surface area contributed by atoms with Crippen LogP contribution in [-0.2, 0) is 4.79 Å². The first kappa shape index (κ1) is 17.0. The monoisotopic (exact) mass is 324 g/mol. The SMILES string of the molecule is CC(=Cc1ccc(F)cc1)C(=O)NC1CC2CCC(C1)N2.Cl. The molecule has 2 aliphatic rings. The fourth-order valence-electron chi connectivity index (χ4n) is 3.35. The average molecular weight is 325 g/mol. The highest BCUT2D eigenvalue weighted by molar-refractivity contribution is 5.97. The molecule has 0 spiro atoms. The van der Waals surface area contributed by atoms with E-state index in [0.717, 1.165) is 18.4 Å². The van der Waals surface area contributed by atoms with E-state index in [1.807, 2.05) is 0 Å². The van der Waals surface area contributed by atoms with Crippen molar-refractivity contribution in [1.29, 1.82) is 0 Å². The van der Waals surface area contributed by atoms with Crippen LogP contribution in [0.3, 0.4) is 0 Å². The first-order valence-electron chi connectivity index (χ1n) is 7.61. The fraction of sp³-hybridized carbons (Fsp3) is 0.471. The van der Waals surface area contributed by atoms with Crippen molar-refractivity contribution in [3.8, 4) is 0 Å². The molecular weight excluding hydrogens is 303 g/mol. The molecule has 1 aromatic rings. The molecule has 0 aromatic heterocycles. The molecule has 3 rings (SSSR count). The maximum absolute atomic E-state index is 12.9. The van der Waals surface area contributed by atoms with E-state index in [0.29, 0.717) is 17.7 Å². The molecule has 2 saturated heterocycles. The lowest BCUT2D eigenvalue weighted by molar-refractivity contribution is -0.118. The van der Waals surface area contributed by atoms with Crippen LogP contribution in [0.15, 0.2) is 29.8 Å². The predicted molar refractivity (Wildman–Crippen MR) is 88.4 cm³/mol. The van der Waals surface area contributed by atoms with Gasteiger partial charge in [-0.2, -0.15) is 0 Å². The van der Waals surface area contributed by atoms with Crippen molar-refractivity contribution >= 4 is 24.4 Å². The molecule has 2 N–H and O–H groups in total. The van der Waals surface area contributed by atoms with E-state index < -0.39 is 0 Å². The van der Waals surface area contributed by atoms with Crippen LogP contribution in [-0.4, -0.2) is 24.0 Å². The minimum Gasteiger partial charge on any atom is -0.349 e. The molecule has 2 fully saturated rings. The molecule has 0 radical (unpaired) electrons. The summed E-state index contributed by atoms with van der Waals surface area (Å²) in [6.45, 7) is 1.80. The number of fused-ring (bicyclic) bond motifs is 2. The first-order valence-corrected chi connectivity index (χ1v) is 7.61. The highest BCUT2D eigenvalue weighted by Gasteiger charge is 2.33. The molecule has 22 heavy (non-hydrogen) atoms. The number of carbonyl (C=O) groups excluding carboxylic acids is 1. The minimum atomic E-state index is -0.264. The van der Waals surface area contributed by atoms with Gasteiger partial charge in [-0.3, -0.25) is 4.79 Å². The predicted octanol–water partition coefficient (Wildman–Crippen LogP) is 3.05. The van der Waals surface area contributed by atoms with Crippen LogP contribution in [0.5, 0.6) is 0 Å². The summed E-state index contributed by atoms with van der Waals surface area (Å²) in [4.78, 5) is 12.2. The van der Waals surface area contributed by atoms with Gasteiger partial charge in [0, 0.05) is 23.7 Å². The van der Waals surface area contributed by atoms with Gasteiger partial charge in [-0.1, -0.05) is 12.1 Å². The Balaban J connectivity index is 0.00000176. The van der Waals surface area contributed by atoms with Crippen LogP contribution >= 0.6 is 12.4 Å². The van der Waals surface area contributed by atoms with Crippen molar-refractivity contribution < 1.29 is 9.18 Å². The Hall–Kier alpha value is -1.39. The van der Waals surface area contributed by atoms with Gasteiger partial charge in [-0.25, -0.2) is 4.39 Å². The number of piperidine rings is 1. The molecule has 3 nitrogen and oxygen atoms in total. The minimum absolute atomic E-state index is 0. The maximum atomic E-state index is 12.9. The first-order chi connectivity index (χ1) is 10.1. The largest absolute Gasteiger partial charge is 0.349 e. The van der Waals surface area contributed by atoms with Crippen molar-refractivity contribution in [2.24, 2.45) is 0 Å². The number of amides is 1. The van der Waals surface area contributed by atoms with E-state index in [1.54, 1.807) is 25.1 Å². The number of rotatable bonds is 3. The lowest BCUT2D eigenvalue weighted by Gasteiger charge is -2.29. The Morgan fingerprint density at radius 1 is 1.23 bits per heavy atom. The van der Waals surface area contributed by atoms with E-state index in [-0.39, 0.29) is 30.2 Å². The van der Waals surface area contributed by atoms with E-state index in [1.165, 1.54) is 25.0 Å². The third kappa shape index (κ3) is 4.08. The molecule has 1 amide bonds. The van der Waals surface area contributed by atoms with E-state index in [9.17, 15) is 9.18 Å². The third-order valence-corrected chi connectivity index (χ3v) is 4.42. The summed E-state index contributed by atoms with van der Waals surface area (Å²) in [5.74, 6) is -0.287. The molecular formula is C17H22ClFN2O. The molecule has 0 saturated carbocycles. The van der Waals surface area contributed by atoms with Crippen LogP contribution in [0.25, 0.3) is 6.08 Å². The summed E-state index contributed by atoms with van der Waals surface area (Å²) >= 11 is 0. The second-order valence-electron chi connectivity index (χ2n) is 6.16. The van der Waals surface area contributed by atoms with Crippen molar-refractivity contribution in [2.45, 2.75) is 50.7 Å². The summed E-state index contributed by atoms with van der Waals surface area (Å²) in [6, 6.07) is 7.57. The fourth-order valence-corrected chi connectivity index (χ4v) is 3.35. The Kier molecular flexibility index (Phi) is 5.59. The van der Waals surface area contributed by atoms with Gasteiger partial charge in [0.2, 0.25) is 5.91 Å². The number of carbonyl (C=O) groups is 1. The normalized spacial score (nSPS) is 27.2. The summed E-state index contributed by atoms with van der Waals surface area (Å²) in [6.07, 6.45) is 6.28. The number of hydrogen-bond acceptors (Lipinski definition) is 2. The molecule has 2 unspecified atom stereocenters. The zero-order valence-electron chi connectivity index (χ0n) is 12.6. The van der Waals surface area contributed by atoms with E-state index in [2.05, 4.69) is 10.6 Å². The zero-order chi connectivity index (χ0) is 14.8. The number of hydrogen-bond donors (Lipinski definition) is 2. The lowest BCUT2D eigenvalue weighted by Crippen LogP contribution is -2.48. The highest BCUT2D eigenvalue weighted by Crippen LogP contribution is 2.26. The summed E-state index contributed by atoms with van der Waals surface area (Å²) in [7, 11) is 0. The molecule has 2 bridgehead atoms. The topological polar surface area (TPSA) is 41.1 Å². The zero-order valence-corrected chi connectivity index (χ0v) is 13.5. The summed E-state index contributed by atoms with van der Waals surface area (Å²) < 4.78 is 12.9. The molecule has 2 atom stereocenters. The summed E-state index contributed by atoms with van der Waals surface area (Å²) in [5.41, 5.74) is 1.50. The Labute approximate surface area is 136 Å². The molecule has 2 heterocycles. The van der Waals surface area contributed by atoms with E-state index in [4.69, 9.17) is 0 Å². The third-order valence-electron chi connectivity index (χ3n) is 4.42. The molecule has 5 heteroatoms. The van der Waals surface area contributed by atoms with Crippen molar-refractivity contribution in [2.75, 3.05) is 0 Å². The van der Waals surface area contributed by atoms with Crippen molar-refractivity contribution in [1.82, 2.24) is 10.6 Å². The number of benzene rings is 1.